The number of hydrogen-bond donors (Lipinski definition) is 2. The first-order chi connectivity index (χ1) is 9.47. The van der Waals surface area contributed by atoms with Gasteiger partial charge in [0.1, 0.15) is 5.82 Å². The van der Waals surface area contributed by atoms with Gasteiger partial charge in [-0.25, -0.2) is 9.18 Å². The maximum absolute atomic E-state index is 13.2. The predicted octanol–water partition coefficient (Wildman–Crippen LogP) is 4.10. The Kier molecular flexibility index (Phi) is 4.25. The highest BCUT2D eigenvalue weighted by Gasteiger charge is 2.09. The Labute approximate surface area is 121 Å². The maximum atomic E-state index is 13.2. The molecule has 20 heavy (non-hydrogen) atoms. The van der Waals surface area contributed by atoms with E-state index in [2.05, 4.69) is 5.32 Å². The van der Waals surface area contributed by atoms with Crippen molar-refractivity contribution >= 4 is 23.3 Å². The first kappa shape index (κ1) is 14.3. The number of rotatable bonds is 4. The van der Waals surface area contributed by atoms with E-state index in [9.17, 15) is 9.18 Å². The van der Waals surface area contributed by atoms with Crippen LogP contribution in [0.1, 0.15) is 21.5 Å². The molecule has 0 saturated carbocycles. The van der Waals surface area contributed by atoms with Crippen molar-refractivity contribution in [2.24, 2.45) is 0 Å². The summed E-state index contributed by atoms with van der Waals surface area (Å²) in [5, 5.41) is 12.2. The molecule has 0 fully saturated rings. The lowest BCUT2D eigenvalue weighted by atomic mass is 10.1. The van der Waals surface area contributed by atoms with E-state index in [1.54, 1.807) is 12.1 Å². The molecule has 5 heteroatoms. The Morgan fingerprint density at radius 1 is 1.30 bits per heavy atom. The molecule has 0 bridgehead atoms. The number of carboxylic acid groups (broad SMARTS) is 1. The van der Waals surface area contributed by atoms with Crippen LogP contribution >= 0.6 is 11.6 Å². The van der Waals surface area contributed by atoms with Crippen LogP contribution in [-0.2, 0) is 6.54 Å². The molecule has 0 aliphatic carbocycles. The van der Waals surface area contributed by atoms with Gasteiger partial charge in [0, 0.05) is 12.2 Å². The van der Waals surface area contributed by atoms with Crippen LogP contribution in [0, 0.1) is 12.7 Å². The summed E-state index contributed by atoms with van der Waals surface area (Å²) in [5.41, 5.74) is 2.44. The quantitative estimate of drug-likeness (QED) is 0.892. The summed E-state index contributed by atoms with van der Waals surface area (Å²) in [7, 11) is 0. The third-order valence-corrected chi connectivity index (χ3v) is 3.32. The Balaban J connectivity index is 2.17. The van der Waals surface area contributed by atoms with Crippen molar-refractivity contribution in [2.75, 3.05) is 5.32 Å². The number of hydrogen-bond acceptors (Lipinski definition) is 2. The van der Waals surface area contributed by atoms with Crippen LogP contribution in [-0.4, -0.2) is 11.1 Å². The van der Waals surface area contributed by atoms with E-state index in [1.165, 1.54) is 24.3 Å². The molecule has 0 amide bonds. The number of benzene rings is 2. The number of halogens is 2. The molecule has 2 aromatic rings. The highest BCUT2D eigenvalue weighted by Crippen LogP contribution is 2.21. The second-order valence-electron chi connectivity index (χ2n) is 4.42. The van der Waals surface area contributed by atoms with Gasteiger partial charge in [0.25, 0.3) is 0 Å². The Morgan fingerprint density at radius 3 is 2.75 bits per heavy atom. The third kappa shape index (κ3) is 3.27. The van der Waals surface area contributed by atoms with Gasteiger partial charge in [-0.2, -0.15) is 0 Å². The molecule has 0 aromatic heterocycles. The maximum Gasteiger partial charge on any atom is 0.337 e. The fourth-order valence-electron chi connectivity index (χ4n) is 1.83. The zero-order chi connectivity index (χ0) is 14.7. The summed E-state index contributed by atoms with van der Waals surface area (Å²) in [6, 6.07) is 9.23. The van der Waals surface area contributed by atoms with Gasteiger partial charge >= 0.3 is 5.97 Å². The van der Waals surface area contributed by atoms with Crippen LogP contribution in [0.3, 0.4) is 0 Å². The number of aromatic carboxylic acids is 1. The highest BCUT2D eigenvalue weighted by atomic mass is 35.5. The number of carbonyl (C=O) groups is 1. The predicted molar refractivity (Wildman–Crippen MR) is 76.9 cm³/mol. The minimum absolute atomic E-state index is 0.0348. The third-order valence-electron chi connectivity index (χ3n) is 2.99. The minimum Gasteiger partial charge on any atom is -0.478 e. The zero-order valence-corrected chi connectivity index (χ0v) is 11.5. The van der Waals surface area contributed by atoms with Crippen LogP contribution in [0.15, 0.2) is 36.4 Å². The molecule has 2 N–H and O–H groups in total. The van der Waals surface area contributed by atoms with Gasteiger partial charge in [-0.3, -0.25) is 0 Å². The molecular weight excluding hydrogens is 281 g/mol. The molecule has 0 unspecified atom stereocenters. The molecule has 0 atom stereocenters. The number of carboxylic acids is 1. The Bertz CT molecular complexity index is 658. The molecule has 3 nitrogen and oxygen atoms in total. The van der Waals surface area contributed by atoms with E-state index in [1.807, 2.05) is 6.92 Å². The lowest BCUT2D eigenvalue weighted by molar-refractivity contribution is 0.0697. The van der Waals surface area contributed by atoms with E-state index >= 15 is 0 Å². The van der Waals surface area contributed by atoms with E-state index in [4.69, 9.17) is 16.7 Å². The van der Waals surface area contributed by atoms with Crippen molar-refractivity contribution in [3.63, 3.8) is 0 Å². The minimum atomic E-state index is -1.08. The SMILES string of the molecule is Cc1ccc(F)cc1CNc1ccc(Cl)c(C(=O)O)c1. The van der Waals surface area contributed by atoms with E-state index in [-0.39, 0.29) is 16.4 Å². The Morgan fingerprint density at radius 2 is 2.05 bits per heavy atom. The van der Waals surface area contributed by atoms with Crippen molar-refractivity contribution in [1.29, 1.82) is 0 Å². The van der Waals surface area contributed by atoms with Crippen molar-refractivity contribution < 1.29 is 14.3 Å². The standard InChI is InChI=1S/C15H13ClFNO2/c1-9-2-3-11(17)6-10(9)8-18-12-4-5-14(16)13(7-12)15(19)20/h2-7,18H,8H2,1H3,(H,19,20). The smallest absolute Gasteiger partial charge is 0.337 e. The van der Waals surface area contributed by atoms with Crippen molar-refractivity contribution in [3.8, 4) is 0 Å². The lowest BCUT2D eigenvalue weighted by Gasteiger charge is -2.10. The second-order valence-corrected chi connectivity index (χ2v) is 4.83. The normalized spacial score (nSPS) is 10.3. The fourth-order valence-corrected chi connectivity index (χ4v) is 2.03. The van der Waals surface area contributed by atoms with Crippen LogP contribution in [0.5, 0.6) is 0 Å². The summed E-state index contributed by atoms with van der Waals surface area (Å²) < 4.78 is 13.2. The average molecular weight is 294 g/mol. The van der Waals surface area contributed by atoms with Crippen LogP contribution < -0.4 is 5.32 Å². The summed E-state index contributed by atoms with van der Waals surface area (Å²) in [6.45, 7) is 2.30. The number of anilines is 1. The molecular formula is C15H13ClFNO2. The van der Waals surface area contributed by atoms with Gasteiger partial charge in [-0.1, -0.05) is 17.7 Å². The highest BCUT2D eigenvalue weighted by molar-refractivity contribution is 6.33. The van der Waals surface area contributed by atoms with Gasteiger partial charge in [0.2, 0.25) is 0 Å². The largest absolute Gasteiger partial charge is 0.478 e. The molecule has 0 spiro atoms. The Hall–Kier alpha value is -2.07. The van der Waals surface area contributed by atoms with Crippen molar-refractivity contribution in [3.05, 3.63) is 63.9 Å². The molecule has 0 aliphatic rings. The van der Waals surface area contributed by atoms with E-state index < -0.39 is 5.97 Å². The van der Waals surface area contributed by atoms with Crippen LogP contribution in [0.25, 0.3) is 0 Å². The van der Waals surface area contributed by atoms with Crippen LogP contribution in [0.2, 0.25) is 5.02 Å². The molecule has 0 radical (unpaired) electrons. The topological polar surface area (TPSA) is 49.3 Å². The molecule has 0 heterocycles. The first-order valence-corrected chi connectivity index (χ1v) is 6.37. The molecule has 0 saturated heterocycles. The molecule has 2 rings (SSSR count). The molecule has 104 valence electrons. The summed E-state index contributed by atoms with van der Waals surface area (Å²) in [6.07, 6.45) is 0. The lowest BCUT2D eigenvalue weighted by Crippen LogP contribution is -2.04. The van der Waals surface area contributed by atoms with Crippen molar-refractivity contribution in [2.45, 2.75) is 13.5 Å². The van der Waals surface area contributed by atoms with Gasteiger partial charge in [-0.05, 0) is 48.4 Å². The number of nitrogens with one attached hydrogen (secondary N) is 1. The first-order valence-electron chi connectivity index (χ1n) is 5.99. The summed E-state index contributed by atoms with van der Waals surface area (Å²) in [5.74, 6) is -1.38. The van der Waals surface area contributed by atoms with Gasteiger partial charge in [0.05, 0.1) is 10.6 Å². The molecule has 0 aliphatic heterocycles. The molecule has 2 aromatic carbocycles. The van der Waals surface area contributed by atoms with Crippen molar-refractivity contribution in [1.82, 2.24) is 0 Å². The van der Waals surface area contributed by atoms with Gasteiger partial charge in [-0.15, -0.1) is 0 Å². The summed E-state index contributed by atoms with van der Waals surface area (Å²) >= 11 is 5.80. The number of aryl methyl sites for hydroxylation is 1. The van der Waals surface area contributed by atoms with Gasteiger partial charge < -0.3 is 10.4 Å². The monoisotopic (exact) mass is 293 g/mol. The average Bonchev–Trinajstić information content (AvgIpc) is 2.41. The van der Waals surface area contributed by atoms with Crippen LogP contribution in [0.4, 0.5) is 10.1 Å². The van der Waals surface area contributed by atoms with Gasteiger partial charge in [0.15, 0.2) is 0 Å². The summed E-state index contributed by atoms with van der Waals surface area (Å²) in [4.78, 5) is 11.0. The zero-order valence-electron chi connectivity index (χ0n) is 10.8. The second kappa shape index (κ2) is 5.92. The van der Waals surface area contributed by atoms with E-state index in [0.29, 0.717) is 12.2 Å². The fraction of sp³-hybridized carbons (Fsp3) is 0.133. The van der Waals surface area contributed by atoms with E-state index in [0.717, 1.165) is 11.1 Å².